The van der Waals surface area contributed by atoms with Crippen molar-refractivity contribution in [1.82, 2.24) is 20.4 Å². The molecule has 1 saturated carbocycles. The van der Waals surface area contributed by atoms with Crippen LogP contribution in [-0.4, -0.2) is 84.0 Å². The first-order chi connectivity index (χ1) is 13.1. The van der Waals surface area contributed by atoms with Gasteiger partial charge in [0.2, 0.25) is 5.91 Å². The van der Waals surface area contributed by atoms with Gasteiger partial charge >= 0.3 is 0 Å². The van der Waals surface area contributed by atoms with Crippen LogP contribution in [0, 0.1) is 0 Å². The highest BCUT2D eigenvalue weighted by molar-refractivity contribution is 14.0. The van der Waals surface area contributed by atoms with Crippen molar-refractivity contribution in [2.45, 2.75) is 64.0 Å². The molecule has 0 spiro atoms. The number of thioether (sulfide) groups is 1. The van der Waals surface area contributed by atoms with Gasteiger partial charge in [0.25, 0.3) is 0 Å². The minimum atomic E-state index is 0. The van der Waals surface area contributed by atoms with Gasteiger partial charge in [-0.15, -0.1) is 24.0 Å². The van der Waals surface area contributed by atoms with Crippen LogP contribution < -0.4 is 10.6 Å². The van der Waals surface area contributed by atoms with Crippen LogP contribution in [0.25, 0.3) is 0 Å². The molecule has 0 bridgehead atoms. The average Bonchev–Trinajstić information content (AvgIpc) is 3.18. The third kappa shape index (κ3) is 6.39. The molecule has 28 heavy (non-hydrogen) atoms. The summed E-state index contributed by atoms with van der Waals surface area (Å²) in [4.78, 5) is 21.3. The minimum absolute atomic E-state index is 0. The fourth-order valence-electron chi connectivity index (χ4n) is 4.72. The van der Waals surface area contributed by atoms with Gasteiger partial charge < -0.3 is 15.5 Å². The second kappa shape index (κ2) is 11.8. The third-order valence-electron chi connectivity index (χ3n) is 6.37. The Balaban J connectivity index is 0.00000280. The summed E-state index contributed by atoms with van der Waals surface area (Å²) in [5.74, 6) is 3.67. The summed E-state index contributed by atoms with van der Waals surface area (Å²) in [5, 5.41) is 7.08. The van der Waals surface area contributed by atoms with E-state index in [2.05, 4.69) is 34.2 Å². The lowest BCUT2D eigenvalue weighted by atomic mass is 9.95. The van der Waals surface area contributed by atoms with Crippen molar-refractivity contribution in [2.24, 2.45) is 4.99 Å². The van der Waals surface area contributed by atoms with Gasteiger partial charge in [0.1, 0.15) is 0 Å². The number of carbonyl (C=O) groups is 1. The predicted octanol–water partition coefficient (Wildman–Crippen LogP) is 2.53. The van der Waals surface area contributed by atoms with Crippen LogP contribution in [0.1, 0.15) is 52.4 Å². The van der Waals surface area contributed by atoms with E-state index in [9.17, 15) is 4.79 Å². The smallest absolute Gasteiger partial charge is 0.219 e. The second-order valence-corrected chi connectivity index (χ2v) is 9.38. The molecule has 3 fully saturated rings. The van der Waals surface area contributed by atoms with Crippen molar-refractivity contribution in [3.63, 3.8) is 0 Å². The van der Waals surface area contributed by atoms with Gasteiger partial charge in [-0.05, 0) is 32.6 Å². The highest BCUT2D eigenvalue weighted by Gasteiger charge is 2.40. The number of guanidine groups is 1. The number of rotatable bonds is 5. The van der Waals surface area contributed by atoms with E-state index in [1.807, 2.05) is 4.90 Å². The lowest BCUT2D eigenvalue weighted by molar-refractivity contribution is -0.129. The first-order valence-corrected chi connectivity index (χ1v) is 11.9. The van der Waals surface area contributed by atoms with Gasteiger partial charge in [-0.25, -0.2) is 0 Å². The molecule has 2 aliphatic heterocycles. The van der Waals surface area contributed by atoms with E-state index in [1.54, 1.807) is 6.92 Å². The van der Waals surface area contributed by atoms with Crippen molar-refractivity contribution in [2.75, 3.05) is 50.8 Å². The number of nitrogens with zero attached hydrogens (tertiary/aromatic N) is 3. The Morgan fingerprint density at radius 2 is 1.79 bits per heavy atom. The standard InChI is InChI=1S/C20H37N5OS.HI/c1-3-21-19(23-18-6-10-24(11-7-18)17(2)26)22-16-20(8-4-5-9-20)25-12-14-27-15-13-25;/h18H,3-16H2,1-2H3,(H2,21,22,23);1H. The molecule has 0 aromatic carbocycles. The summed E-state index contributed by atoms with van der Waals surface area (Å²) in [6.07, 6.45) is 7.26. The molecule has 0 aromatic heterocycles. The zero-order chi connectivity index (χ0) is 19.1. The number of nitrogens with one attached hydrogen (secondary N) is 2. The fourth-order valence-corrected chi connectivity index (χ4v) is 5.63. The maximum atomic E-state index is 11.5. The Kier molecular flexibility index (Phi) is 10.2. The normalized spacial score (nSPS) is 23.9. The van der Waals surface area contributed by atoms with Crippen LogP contribution in [0.5, 0.6) is 0 Å². The van der Waals surface area contributed by atoms with E-state index in [1.165, 1.54) is 50.3 Å². The average molecular weight is 524 g/mol. The van der Waals surface area contributed by atoms with E-state index >= 15 is 0 Å². The van der Waals surface area contributed by atoms with Crippen LogP contribution in [0.4, 0.5) is 0 Å². The Labute approximate surface area is 192 Å². The molecule has 3 rings (SSSR count). The van der Waals surface area contributed by atoms with Crippen LogP contribution in [0.15, 0.2) is 4.99 Å². The number of piperidine rings is 1. The van der Waals surface area contributed by atoms with E-state index in [-0.39, 0.29) is 35.4 Å². The first-order valence-electron chi connectivity index (χ1n) is 10.8. The van der Waals surface area contributed by atoms with Crippen LogP contribution in [0.3, 0.4) is 0 Å². The molecule has 0 atom stereocenters. The number of hydrogen-bond acceptors (Lipinski definition) is 4. The molecule has 6 nitrogen and oxygen atoms in total. The number of aliphatic imine (C=N–C) groups is 1. The molecule has 2 saturated heterocycles. The summed E-state index contributed by atoms with van der Waals surface area (Å²) in [7, 11) is 0. The minimum Gasteiger partial charge on any atom is -0.357 e. The van der Waals surface area contributed by atoms with Crippen molar-refractivity contribution < 1.29 is 4.79 Å². The molecular weight excluding hydrogens is 485 g/mol. The summed E-state index contributed by atoms with van der Waals surface area (Å²) >= 11 is 2.08. The maximum Gasteiger partial charge on any atom is 0.219 e. The summed E-state index contributed by atoms with van der Waals surface area (Å²) in [6.45, 7) is 9.71. The van der Waals surface area contributed by atoms with Crippen LogP contribution in [-0.2, 0) is 4.79 Å². The molecule has 0 unspecified atom stereocenters. The molecular formula is C20H38IN5OS. The third-order valence-corrected chi connectivity index (χ3v) is 7.32. The maximum absolute atomic E-state index is 11.5. The Bertz CT molecular complexity index is 513. The van der Waals surface area contributed by atoms with Gasteiger partial charge in [-0.3, -0.25) is 14.7 Å². The zero-order valence-corrected chi connectivity index (χ0v) is 20.7. The van der Waals surface area contributed by atoms with Gasteiger partial charge in [-0.1, -0.05) is 12.8 Å². The molecule has 3 aliphatic rings. The molecule has 0 radical (unpaired) electrons. The monoisotopic (exact) mass is 523 g/mol. The molecule has 8 heteroatoms. The predicted molar refractivity (Wildman–Crippen MR) is 130 cm³/mol. The topological polar surface area (TPSA) is 60.0 Å². The van der Waals surface area contributed by atoms with E-state index < -0.39 is 0 Å². The van der Waals surface area contributed by atoms with Crippen molar-refractivity contribution >= 4 is 47.6 Å². The van der Waals surface area contributed by atoms with E-state index in [0.717, 1.165) is 45.0 Å². The highest BCUT2D eigenvalue weighted by Crippen LogP contribution is 2.37. The number of amides is 1. The molecule has 162 valence electrons. The number of hydrogen-bond donors (Lipinski definition) is 2. The number of carbonyl (C=O) groups excluding carboxylic acids is 1. The lowest BCUT2D eigenvalue weighted by Crippen LogP contribution is -2.54. The van der Waals surface area contributed by atoms with Crippen molar-refractivity contribution in [3.05, 3.63) is 0 Å². The van der Waals surface area contributed by atoms with Crippen molar-refractivity contribution in [3.8, 4) is 0 Å². The van der Waals surface area contributed by atoms with E-state index in [4.69, 9.17) is 4.99 Å². The number of halogens is 1. The van der Waals surface area contributed by atoms with Gasteiger partial charge in [0.05, 0.1) is 6.54 Å². The molecule has 0 aromatic rings. The lowest BCUT2D eigenvalue weighted by Gasteiger charge is -2.42. The van der Waals surface area contributed by atoms with Gasteiger partial charge in [0.15, 0.2) is 5.96 Å². The molecule has 2 N–H and O–H groups in total. The van der Waals surface area contributed by atoms with Gasteiger partial charge in [-0.2, -0.15) is 11.8 Å². The van der Waals surface area contributed by atoms with Crippen LogP contribution >= 0.6 is 35.7 Å². The SMILES string of the molecule is CCNC(=NCC1(N2CCSCC2)CCCC1)NC1CCN(C(C)=O)CC1.I. The highest BCUT2D eigenvalue weighted by atomic mass is 127. The second-order valence-electron chi connectivity index (χ2n) is 8.15. The summed E-state index contributed by atoms with van der Waals surface area (Å²) in [6, 6.07) is 0.407. The van der Waals surface area contributed by atoms with Crippen molar-refractivity contribution in [1.29, 1.82) is 0 Å². The van der Waals surface area contributed by atoms with Gasteiger partial charge in [0, 0.05) is 62.7 Å². The number of likely N-dealkylation sites (tertiary alicyclic amines) is 1. The zero-order valence-electron chi connectivity index (χ0n) is 17.5. The quantitative estimate of drug-likeness (QED) is 0.330. The molecule has 1 amide bonds. The Morgan fingerprint density at radius 1 is 1.14 bits per heavy atom. The Morgan fingerprint density at radius 3 is 2.36 bits per heavy atom. The Hall–Kier alpha value is -0.220. The summed E-state index contributed by atoms with van der Waals surface area (Å²) < 4.78 is 0. The molecule has 1 aliphatic carbocycles. The fraction of sp³-hybridized carbons (Fsp3) is 0.900. The van der Waals surface area contributed by atoms with Crippen LogP contribution in [0.2, 0.25) is 0 Å². The largest absolute Gasteiger partial charge is 0.357 e. The first kappa shape index (κ1) is 24.1. The molecule has 2 heterocycles. The summed E-state index contributed by atoms with van der Waals surface area (Å²) in [5.41, 5.74) is 0.279. The van der Waals surface area contributed by atoms with E-state index in [0.29, 0.717) is 6.04 Å².